The summed E-state index contributed by atoms with van der Waals surface area (Å²) in [6, 6.07) is 0. The Bertz CT molecular complexity index is 387. The van der Waals surface area contributed by atoms with Gasteiger partial charge >= 0.3 is 0 Å². The molecule has 0 atom stereocenters. The van der Waals surface area contributed by atoms with Gasteiger partial charge in [-0.2, -0.15) is 0 Å². The number of nitrogens with zero attached hydrogens (tertiary/aromatic N) is 4. The van der Waals surface area contributed by atoms with Crippen molar-refractivity contribution in [2.24, 2.45) is 5.84 Å². The van der Waals surface area contributed by atoms with E-state index in [4.69, 9.17) is 5.84 Å². The Morgan fingerprint density at radius 1 is 1.33 bits per heavy atom. The number of nitrogens with one attached hydrogen (secondary N) is 1. The lowest BCUT2D eigenvalue weighted by Gasteiger charge is -2.49. The molecule has 0 saturated heterocycles. The highest BCUT2D eigenvalue weighted by Crippen LogP contribution is 2.36. The lowest BCUT2D eigenvalue weighted by molar-refractivity contribution is 0.0258. The first-order chi connectivity index (χ1) is 8.55. The minimum Gasteiger partial charge on any atom is -0.302 e. The van der Waals surface area contributed by atoms with E-state index >= 15 is 0 Å². The summed E-state index contributed by atoms with van der Waals surface area (Å²) in [4.78, 5) is 4.68. The molecule has 0 aliphatic heterocycles. The van der Waals surface area contributed by atoms with Crippen molar-refractivity contribution in [3.05, 3.63) is 5.01 Å². The molecule has 0 aromatic carbocycles. The second kappa shape index (κ2) is 5.48. The minimum absolute atomic E-state index is 0.356. The summed E-state index contributed by atoms with van der Waals surface area (Å²) in [6.45, 7) is 1.90. The highest BCUT2D eigenvalue weighted by Gasteiger charge is 2.39. The van der Waals surface area contributed by atoms with Gasteiger partial charge in [-0.15, -0.1) is 10.2 Å². The second-order valence-electron chi connectivity index (χ2n) is 5.29. The predicted octanol–water partition coefficient (Wildman–Crippen LogP) is 0.740. The number of hydrogen-bond acceptors (Lipinski definition) is 7. The van der Waals surface area contributed by atoms with Crippen LogP contribution < -0.4 is 11.3 Å². The van der Waals surface area contributed by atoms with Gasteiger partial charge in [-0.1, -0.05) is 11.3 Å². The van der Waals surface area contributed by atoms with Gasteiger partial charge in [0.2, 0.25) is 5.13 Å². The van der Waals surface area contributed by atoms with Gasteiger partial charge in [0.05, 0.1) is 6.54 Å². The number of hydrogen-bond donors (Lipinski definition) is 2. The fourth-order valence-corrected chi connectivity index (χ4v) is 3.23. The molecule has 0 radical (unpaired) electrons. The summed E-state index contributed by atoms with van der Waals surface area (Å²) in [7, 11) is 6.49. The quantitative estimate of drug-likeness (QED) is 0.587. The Labute approximate surface area is 112 Å². The van der Waals surface area contributed by atoms with Crippen molar-refractivity contribution in [3.8, 4) is 0 Å². The maximum atomic E-state index is 5.30. The molecule has 3 N–H and O–H groups in total. The Morgan fingerprint density at radius 3 is 2.50 bits per heavy atom. The largest absolute Gasteiger partial charge is 0.302 e. The Morgan fingerprint density at radius 2 is 2.06 bits per heavy atom. The van der Waals surface area contributed by atoms with Crippen molar-refractivity contribution >= 4 is 16.5 Å². The molecule has 2 rings (SSSR count). The van der Waals surface area contributed by atoms with Gasteiger partial charge in [-0.25, -0.2) is 5.84 Å². The van der Waals surface area contributed by atoms with Crippen molar-refractivity contribution < 1.29 is 0 Å². The normalized spacial score (nSPS) is 18.1. The third kappa shape index (κ3) is 2.80. The van der Waals surface area contributed by atoms with Gasteiger partial charge in [0, 0.05) is 12.1 Å². The lowest BCUT2D eigenvalue weighted by atomic mass is 9.75. The third-order valence-corrected chi connectivity index (χ3v) is 4.63. The van der Waals surface area contributed by atoms with Crippen LogP contribution in [-0.4, -0.2) is 53.2 Å². The number of aromatic nitrogens is 2. The van der Waals surface area contributed by atoms with Crippen LogP contribution in [0.5, 0.6) is 0 Å². The summed E-state index contributed by atoms with van der Waals surface area (Å²) in [5.41, 5.74) is 2.88. The number of nitrogen functional groups attached to an aromatic ring is 1. The molecule has 1 fully saturated rings. The predicted molar refractivity (Wildman–Crippen MR) is 74.3 cm³/mol. The van der Waals surface area contributed by atoms with Crippen molar-refractivity contribution in [3.63, 3.8) is 0 Å². The molecule has 1 aromatic heterocycles. The number of nitrogens with two attached hydrogens (primary N) is 1. The highest BCUT2D eigenvalue weighted by atomic mass is 32.1. The topological polar surface area (TPSA) is 70.3 Å². The lowest BCUT2D eigenvalue weighted by Crippen LogP contribution is -2.56. The monoisotopic (exact) mass is 270 g/mol. The average molecular weight is 270 g/mol. The van der Waals surface area contributed by atoms with Gasteiger partial charge in [-0.05, 0) is 40.4 Å². The third-order valence-electron chi connectivity index (χ3n) is 3.79. The van der Waals surface area contributed by atoms with E-state index in [2.05, 4.69) is 46.6 Å². The van der Waals surface area contributed by atoms with Gasteiger partial charge in [-0.3, -0.25) is 10.3 Å². The number of hydrazine groups is 1. The molecule has 0 spiro atoms. The molecule has 6 nitrogen and oxygen atoms in total. The summed E-state index contributed by atoms with van der Waals surface area (Å²) in [5, 5.41) is 9.73. The van der Waals surface area contributed by atoms with Crippen molar-refractivity contribution in [1.82, 2.24) is 20.0 Å². The first-order valence-electron chi connectivity index (χ1n) is 6.21. The first kappa shape index (κ1) is 13.7. The van der Waals surface area contributed by atoms with E-state index in [1.807, 2.05) is 0 Å². The molecule has 0 unspecified atom stereocenters. The Hall–Kier alpha value is -0.760. The van der Waals surface area contributed by atoms with Crippen molar-refractivity contribution in [2.45, 2.75) is 31.3 Å². The van der Waals surface area contributed by atoms with Crippen molar-refractivity contribution in [2.75, 3.05) is 33.1 Å². The Kier molecular flexibility index (Phi) is 4.16. The minimum atomic E-state index is 0.356. The molecule has 102 valence electrons. The zero-order chi connectivity index (χ0) is 13.2. The van der Waals surface area contributed by atoms with E-state index in [-0.39, 0.29) is 0 Å². The first-order valence-corrected chi connectivity index (χ1v) is 7.02. The van der Waals surface area contributed by atoms with Crippen molar-refractivity contribution in [1.29, 1.82) is 0 Å². The van der Waals surface area contributed by atoms with E-state index in [0.717, 1.165) is 18.1 Å². The van der Waals surface area contributed by atoms with E-state index in [0.29, 0.717) is 10.7 Å². The highest BCUT2D eigenvalue weighted by molar-refractivity contribution is 7.15. The van der Waals surface area contributed by atoms with E-state index in [9.17, 15) is 0 Å². The van der Waals surface area contributed by atoms with E-state index in [1.54, 1.807) is 0 Å². The molecule has 7 heteroatoms. The van der Waals surface area contributed by atoms with Gasteiger partial charge < -0.3 is 4.90 Å². The van der Waals surface area contributed by atoms with Gasteiger partial charge in [0.25, 0.3) is 0 Å². The molecule has 1 heterocycles. The molecular formula is C11H22N6S. The maximum Gasteiger partial charge on any atom is 0.219 e. The molecule has 1 saturated carbocycles. The Balaban J connectivity index is 1.90. The number of anilines is 1. The standard InChI is InChI=1S/C11H22N6S/c1-16(2)11(5-4-6-11)8-17(3)7-9-14-15-10(13-12)18-9/h4-8,12H2,1-3H3,(H,13,15). The number of rotatable bonds is 6. The molecule has 1 aromatic rings. The summed E-state index contributed by atoms with van der Waals surface area (Å²) in [6.07, 6.45) is 3.91. The average Bonchev–Trinajstić information content (AvgIpc) is 2.70. The summed E-state index contributed by atoms with van der Waals surface area (Å²) < 4.78 is 0. The van der Waals surface area contributed by atoms with Crippen LogP contribution in [0.3, 0.4) is 0 Å². The zero-order valence-corrected chi connectivity index (χ0v) is 12.1. The fraction of sp³-hybridized carbons (Fsp3) is 0.818. The molecule has 0 bridgehead atoms. The van der Waals surface area contributed by atoms with Crippen LogP contribution in [0.1, 0.15) is 24.3 Å². The second-order valence-corrected chi connectivity index (χ2v) is 6.35. The van der Waals surface area contributed by atoms with Crippen LogP contribution in [0.25, 0.3) is 0 Å². The van der Waals surface area contributed by atoms with Crippen LogP contribution in [-0.2, 0) is 6.54 Å². The molecule has 18 heavy (non-hydrogen) atoms. The smallest absolute Gasteiger partial charge is 0.219 e. The van der Waals surface area contributed by atoms with E-state index < -0.39 is 0 Å². The fourth-order valence-electron chi connectivity index (χ4n) is 2.50. The van der Waals surface area contributed by atoms with E-state index in [1.165, 1.54) is 30.6 Å². The molecular weight excluding hydrogens is 248 g/mol. The van der Waals surface area contributed by atoms with Crippen LogP contribution in [0.4, 0.5) is 5.13 Å². The van der Waals surface area contributed by atoms with Gasteiger partial charge in [0.15, 0.2) is 0 Å². The SMILES string of the molecule is CN(Cc1nnc(NN)s1)CC1(N(C)C)CCC1. The summed E-state index contributed by atoms with van der Waals surface area (Å²) in [5.74, 6) is 5.30. The summed E-state index contributed by atoms with van der Waals surface area (Å²) >= 11 is 1.51. The molecule has 1 aliphatic rings. The number of likely N-dealkylation sites (N-methyl/N-ethyl adjacent to an activating group) is 2. The zero-order valence-electron chi connectivity index (χ0n) is 11.3. The van der Waals surface area contributed by atoms with Gasteiger partial charge in [0.1, 0.15) is 5.01 Å². The van der Waals surface area contributed by atoms with Crippen LogP contribution in [0.2, 0.25) is 0 Å². The maximum absolute atomic E-state index is 5.30. The molecule has 0 amide bonds. The van der Waals surface area contributed by atoms with Crippen LogP contribution in [0, 0.1) is 0 Å². The molecule has 1 aliphatic carbocycles. The van der Waals surface area contributed by atoms with Crippen LogP contribution >= 0.6 is 11.3 Å². The van der Waals surface area contributed by atoms with Crippen LogP contribution in [0.15, 0.2) is 0 Å².